The van der Waals surface area contributed by atoms with Gasteiger partial charge in [-0.05, 0) is 40.8 Å². The van der Waals surface area contributed by atoms with E-state index in [4.69, 9.17) is 5.73 Å². The maximum atomic E-state index is 11.5. The molecule has 1 fully saturated rings. The van der Waals surface area contributed by atoms with Gasteiger partial charge in [0.15, 0.2) is 0 Å². The molecule has 1 aromatic rings. The van der Waals surface area contributed by atoms with Gasteiger partial charge in [-0.2, -0.15) is 0 Å². The Bertz CT molecular complexity index is 367. The van der Waals surface area contributed by atoms with Gasteiger partial charge in [0.2, 0.25) is 5.91 Å². The van der Waals surface area contributed by atoms with Crippen molar-refractivity contribution in [3.63, 3.8) is 0 Å². The summed E-state index contributed by atoms with van der Waals surface area (Å²) in [7, 11) is 0. The molecule has 2 N–H and O–H groups in total. The van der Waals surface area contributed by atoms with Crippen LogP contribution < -0.4 is 10.6 Å². The zero-order chi connectivity index (χ0) is 10.1. The molecule has 74 valence electrons. The number of nitrogens with two attached hydrogens (primary N) is 1. The summed E-state index contributed by atoms with van der Waals surface area (Å²) in [5, 5.41) is 0. The molecule has 1 heterocycles. The molecule has 4 heteroatoms. The van der Waals surface area contributed by atoms with E-state index in [1.54, 1.807) is 4.90 Å². The molecule has 14 heavy (non-hydrogen) atoms. The lowest BCUT2D eigenvalue weighted by Crippen LogP contribution is -2.27. The first-order valence-corrected chi connectivity index (χ1v) is 5.56. The molecule has 1 aliphatic rings. The van der Waals surface area contributed by atoms with Crippen molar-refractivity contribution < 1.29 is 4.79 Å². The molecule has 0 aromatic heterocycles. The van der Waals surface area contributed by atoms with Gasteiger partial charge in [-0.25, -0.2) is 0 Å². The summed E-state index contributed by atoms with van der Waals surface area (Å²) in [5.74, 6) is 0.125. The van der Waals surface area contributed by atoms with Crippen molar-refractivity contribution >= 4 is 34.2 Å². The minimum absolute atomic E-state index is 0.0135. The Morgan fingerprint density at radius 3 is 2.86 bits per heavy atom. The Kier molecular flexibility index (Phi) is 2.73. The summed E-state index contributed by atoms with van der Waals surface area (Å²) in [5.41, 5.74) is 6.68. The summed E-state index contributed by atoms with van der Waals surface area (Å²) in [4.78, 5) is 13.3. The number of hydrogen-bond acceptors (Lipinski definition) is 2. The third kappa shape index (κ3) is 1.90. The van der Waals surface area contributed by atoms with E-state index in [1.807, 2.05) is 24.3 Å². The second kappa shape index (κ2) is 3.86. The predicted octanol–water partition coefficient (Wildman–Crippen LogP) is 1.36. The standard InChI is InChI=1S/C10H11IN2O/c11-7-2-1-3-9(4-7)13-6-8(12)5-10(13)14/h1-4,8H,5-6,12H2. The van der Waals surface area contributed by atoms with Gasteiger partial charge < -0.3 is 10.6 Å². The summed E-state index contributed by atoms with van der Waals surface area (Å²) in [6.07, 6.45) is 0.464. The van der Waals surface area contributed by atoms with Crippen LogP contribution in [0.4, 0.5) is 5.69 Å². The third-order valence-electron chi connectivity index (χ3n) is 2.27. The molecule has 0 radical (unpaired) electrons. The van der Waals surface area contributed by atoms with E-state index in [2.05, 4.69) is 22.6 Å². The Morgan fingerprint density at radius 2 is 2.29 bits per heavy atom. The second-order valence-corrected chi connectivity index (χ2v) is 4.69. The van der Waals surface area contributed by atoms with Crippen LogP contribution in [-0.2, 0) is 4.79 Å². The lowest BCUT2D eigenvalue weighted by Gasteiger charge is -2.15. The van der Waals surface area contributed by atoms with Gasteiger partial charge >= 0.3 is 0 Å². The van der Waals surface area contributed by atoms with E-state index in [-0.39, 0.29) is 11.9 Å². The molecule has 1 atom stereocenters. The third-order valence-corrected chi connectivity index (χ3v) is 2.95. The van der Waals surface area contributed by atoms with Crippen molar-refractivity contribution in [1.82, 2.24) is 0 Å². The number of halogens is 1. The molecule has 2 rings (SSSR count). The summed E-state index contributed by atoms with van der Waals surface area (Å²) >= 11 is 2.23. The highest BCUT2D eigenvalue weighted by atomic mass is 127. The minimum atomic E-state index is -0.0135. The molecular weight excluding hydrogens is 291 g/mol. The number of nitrogens with zero attached hydrogens (tertiary/aromatic N) is 1. The molecule has 3 nitrogen and oxygen atoms in total. The fourth-order valence-corrected chi connectivity index (χ4v) is 2.16. The lowest BCUT2D eigenvalue weighted by atomic mass is 10.3. The van der Waals surface area contributed by atoms with Crippen molar-refractivity contribution in [2.24, 2.45) is 5.73 Å². The molecular formula is C10H11IN2O. The van der Waals surface area contributed by atoms with Crippen molar-refractivity contribution in [1.29, 1.82) is 0 Å². The van der Waals surface area contributed by atoms with Crippen molar-refractivity contribution in [3.05, 3.63) is 27.8 Å². The molecule has 0 saturated carbocycles. The average molecular weight is 302 g/mol. The summed E-state index contributed by atoms with van der Waals surface area (Å²) < 4.78 is 1.13. The zero-order valence-electron chi connectivity index (χ0n) is 7.61. The van der Waals surface area contributed by atoms with Crippen LogP contribution >= 0.6 is 22.6 Å². The molecule has 0 aliphatic carbocycles. The Hall–Kier alpha value is -0.620. The van der Waals surface area contributed by atoms with E-state index in [0.717, 1.165) is 9.26 Å². The van der Waals surface area contributed by atoms with Gasteiger partial charge in [0.1, 0.15) is 0 Å². The second-order valence-electron chi connectivity index (χ2n) is 3.45. The van der Waals surface area contributed by atoms with Crippen LogP contribution in [0.15, 0.2) is 24.3 Å². The number of rotatable bonds is 1. The fourth-order valence-electron chi connectivity index (χ4n) is 1.63. The SMILES string of the molecule is NC1CC(=O)N(c2cccc(I)c2)C1. The molecule has 1 amide bonds. The van der Waals surface area contributed by atoms with E-state index in [9.17, 15) is 4.79 Å². The van der Waals surface area contributed by atoms with E-state index in [1.165, 1.54) is 0 Å². The molecule has 0 spiro atoms. The quantitative estimate of drug-likeness (QED) is 0.796. The van der Waals surface area contributed by atoms with Crippen LogP contribution in [0.2, 0.25) is 0 Å². The number of anilines is 1. The van der Waals surface area contributed by atoms with Crippen LogP contribution in [0.25, 0.3) is 0 Å². The predicted molar refractivity (Wildman–Crippen MR) is 64.1 cm³/mol. The van der Waals surface area contributed by atoms with Gasteiger partial charge in [-0.1, -0.05) is 6.07 Å². The average Bonchev–Trinajstić information content (AvgIpc) is 2.45. The van der Waals surface area contributed by atoms with E-state index in [0.29, 0.717) is 13.0 Å². The van der Waals surface area contributed by atoms with Crippen LogP contribution in [0.1, 0.15) is 6.42 Å². The number of carbonyl (C=O) groups is 1. The topological polar surface area (TPSA) is 46.3 Å². The highest BCUT2D eigenvalue weighted by molar-refractivity contribution is 14.1. The maximum Gasteiger partial charge on any atom is 0.228 e. The van der Waals surface area contributed by atoms with Crippen molar-refractivity contribution in [3.8, 4) is 0 Å². The van der Waals surface area contributed by atoms with Gasteiger partial charge in [-0.15, -0.1) is 0 Å². The van der Waals surface area contributed by atoms with Gasteiger partial charge in [0, 0.05) is 28.3 Å². The normalized spacial score (nSPS) is 21.7. The van der Waals surface area contributed by atoms with Crippen molar-refractivity contribution in [2.75, 3.05) is 11.4 Å². The van der Waals surface area contributed by atoms with Crippen LogP contribution in [0, 0.1) is 3.57 Å². The van der Waals surface area contributed by atoms with Crippen LogP contribution in [0.3, 0.4) is 0 Å². The molecule has 1 aliphatic heterocycles. The molecule has 0 bridgehead atoms. The maximum absolute atomic E-state index is 11.5. The van der Waals surface area contributed by atoms with E-state index < -0.39 is 0 Å². The molecule has 1 aromatic carbocycles. The largest absolute Gasteiger partial charge is 0.326 e. The number of benzene rings is 1. The number of carbonyl (C=O) groups excluding carboxylic acids is 1. The summed E-state index contributed by atoms with van der Waals surface area (Å²) in [6.45, 7) is 0.638. The Labute approximate surface area is 96.4 Å². The van der Waals surface area contributed by atoms with Gasteiger partial charge in [0.25, 0.3) is 0 Å². The highest BCUT2D eigenvalue weighted by Gasteiger charge is 2.27. The van der Waals surface area contributed by atoms with Crippen molar-refractivity contribution in [2.45, 2.75) is 12.5 Å². The first-order chi connectivity index (χ1) is 6.66. The van der Waals surface area contributed by atoms with Crippen LogP contribution in [-0.4, -0.2) is 18.5 Å². The Balaban J connectivity index is 2.27. The Morgan fingerprint density at radius 1 is 1.50 bits per heavy atom. The van der Waals surface area contributed by atoms with Crippen LogP contribution in [0.5, 0.6) is 0 Å². The number of hydrogen-bond donors (Lipinski definition) is 1. The number of amides is 1. The molecule has 1 saturated heterocycles. The monoisotopic (exact) mass is 302 g/mol. The minimum Gasteiger partial charge on any atom is -0.326 e. The summed E-state index contributed by atoms with van der Waals surface area (Å²) in [6, 6.07) is 7.88. The first kappa shape index (κ1) is 9.92. The lowest BCUT2D eigenvalue weighted by molar-refractivity contribution is -0.117. The zero-order valence-corrected chi connectivity index (χ0v) is 9.77. The first-order valence-electron chi connectivity index (χ1n) is 4.48. The molecule has 1 unspecified atom stereocenters. The van der Waals surface area contributed by atoms with Gasteiger partial charge in [0.05, 0.1) is 0 Å². The van der Waals surface area contributed by atoms with E-state index >= 15 is 0 Å². The van der Waals surface area contributed by atoms with Gasteiger partial charge in [-0.3, -0.25) is 4.79 Å². The highest BCUT2D eigenvalue weighted by Crippen LogP contribution is 2.22. The fraction of sp³-hybridized carbons (Fsp3) is 0.300. The smallest absolute Gasteiger partial charge is 0.228 e.